The van der Waals surface area contributed by atoms with Gasteiger partial charge in [0.2, 0.25) is 10.0 Å². The maximum absolute atomic E-state index is 14.9. The number of nitrogens with zero attached hydrogens (tertiary/aromatic N) is 6. The van der Waals surface area contributed by atoms with Gasteiger partial charge in [-0.05, 0) is 66.1 Å². The Kier molecular flexibility index (Phi) is 6.91. The number of sulfonamides is 1. The Labute approximate surface area is 245 Å². The number of fused-ring (bicyclic) bond motifs is 1. The number of hydrogen-bond acceptors (Lipinski definition) is 8. The molecule has 0 radical (unpaired) electrons. The fourth-order valence-electron chi connectivity index (χ4n) is 6.56. The largest absolute Gasteiger partial charge is 0.339 e. The molecule has 0 N–H and O–H groups in total. The average molecular weight is 583 g/mol. The molecule has 11 heteroatoms. The van der Waals surface area contributed by atoms with Crippen LogP contribution in [0.1, 0.15) is 40.4 Å². The standard InChI is InChI=1S/C31H30N6O4S/c1-3-16-42(40,41)36-19-25-26(20-36)29(25)37-28(17-27(38)22-6-4-21(18-32)5-7-22)35(2)31(30(37)39,23-8-12-33-13-9-23)24-10-14-34-15-11-24/h4-15,17,25-26,29H,3,16,19-20H2,1-2H3/t25-,26+,29?. The molecule has 1 saturated carbocycles. The summed E-state index contributed by atoms with van der Waals surface area (Å²) in [5.41, 5.74) is 0.909. The van der Waals surface area contributed by atoms with E-state index in [1.807, 2.05) is 11.8 Å². The van der Waals surface area contributed by atoms with Crippen molar-refractivity contribution in [2.75, 3.05) is 25.9 Å². The molecule has 2 saturated heterocycles. The van der Waals surface area contributed by atoms with Gasteiger partial charge in [0.1, 0.15) is 5.82 Å². The van der Waals surface area contributed by atoms with Crippen LogP contribution in [0.3, 0.4) is 0 Å². The van der Waals surface area contributed by atoms with Crippen molar-refractivity contribution < 1.29 is 18.0 Å². The Morgan fingerprint density at radius 2 is 1.55 bits per heavy atom. The topological polar surface area (TPSA) is 128 Å². The van der Waals surface area contributed by atoms with Gasteiger partial charge in [-0.1, -0.05) is 6.92 Å². The number of carbonyl (C=O) groups excluding carboxylic acids is 2. The minimum Gasteiger partial charge on any atom is -0.339 e. The van der Waals surface area contributed by atoms with Gasteiger partial charge < -0.3 is 4.90 Å². The molecule has 3 aliphatic rings. The van der Waals surface area contributed by atoms with Gasteiger partial charge >= 0.3 is 0 Å². The van der Waals surface area contributed by atoms with E-state index in [9.17, 15) is 18.0 Å². The van der Waals surface area contributed by atoms with Crippen LogP contribution in [0.25, 0.3) is 0 Å². The second-order valence-electron chi connectivity index (χ2n) is 10.9. The smallest absolute Gasteiger partial charge is 0.263 e. The third-order valence-corrected chi connectivity index (χ3v) is 10.7. The Bertz CT molecular complexity index is 1650. The molecule has 1 amide bonds. The number of aromatic nitrogens is 2. The summed E-state index contributed by atoms with van der Waals surface area (Å²) >= 11 is 0. The predicted molar refractivity (Wildman–Crippen MR) is 154 cm³/mol. The Hall–Kier alpha value is -4.40. The highest BCUT2D eigenvalue weighted by atomic mass is 32.2. The zero-order chi connectivity index (χ0) is 29.6. The van der Waals surface area contributed by atoms with Crippen LogP contribution in [0.5, 0.6) is 0 Å². The second kappa shape index (κ2) is 10.5. The Morgan fingerprint density at radius 3 is 2.05 bits per heavy atom. The molecule has 10 nitrogen and oxygen atoms in total. The normalized spacial score (nSPS) is 24.1. The molecule has 3 aromatic rings. The number of allylic oxidation sites excluding steroid dienone is 1. The van der Waals surface area contributed by atoms with E-state index in [-0.39, 0.29) is 35.3 Å². The van der Waals surface area contributed by atoms with E-state index in [1.54, 1.807) is 85.3 Å². The lowest BCUT2D eigenvalue weighted by Gasteiger charge is -2.35. The molecule has 214 valence electrons. The highest BCUT2D eigenvalue weighted by molar-refractivity contribution is 7.89. The number of benzene rings is 1. The van der Waals surface area contributed by atoms with Crippen molar-refractivity contribution in [1.82, 2.24) is 24.1 Å². The van der Waals surface area contributed by atoms with E-state index in [1.165, 1.54) is 10.4 Å². The highest BCUT2D eigenvalue weighted by Gasteiger charge is 2.67. The van der Waals surface area contributed by atoms with E-state index in [0.717, 1.165) is 0 Å². The van der Waals surface area contributed by atoms with Crippen LogP contribution in [0, 0.1) is 23.2 Å². The molecular formula is C31H30N6O4S. The molecule has 1 aliphatic carbocycles. The van der Waals surface area contributed by atoms with Crippen LogP contribution in [0.15, 0.2) is 85.2 Å². The third kappa shape index (κ3) is 4.30. The van der Waals surface area contributed by atoms with Gasteiger partial charge in [-0.2, -0.15) is 5.26 Å². The van der Waals surface area contributed by atoms with E-state index >= 15 is 0 Å². The fourth-order valence-corrected chi connectivity index (χ4v) is 8.13. The number of ketones is 1. The van der Waals surface area contributed by atoms with Crippen molar-refractivity contribution in [3.63, 3.8) is 0 Å². The summed E-state index contributed by atoms with van der Waals surface area (Å²) in [5, 5.41) is 9.17. The van der Waals surface area contributed by atoms with E-state index in [0.29, 0.717) is 47.6 Å². The van der Waals surface area contributed by atoms with Gasteiger partial charge in [-0.15, -0.1) is 0 Å². The molecule has 2 aromatic heterocycles. The minimum absolute atomic E-state index is 0.0342. The van der Waals surface area contributed by atoms with Gasteiger partial charge in [-0.3, -0.25) is 24.5 Å². The van der Waals surface area contributed by atoms with Crippen molar-refractivity contribution in [3.05, 3.63) is 107 Å². The van der Waals surface area contributed by atoms with Gasteiger partial charge in [0.25, 0.3) is 5.91 Å². The summed E-state index contributed by atoms with van der Waals surface area (Å²) in [4.78, 5) is 40.3. The molecule has 0 bridgehead atoms. The molecule has 1 unspecified atom stereocenters. The molecule has 42 heavy (non-hydrogen) atoms. The Morgan fingerprint density at radius 1 is 1.00 bits per heavy atom. The highest BCUT2D eigenvalue weighted by Crippen LogP contribution is 2.56. The molecule has 1 aromatic carbocycles. The van der Waals surface area contributed by atoms with E-state index in [2.05, 4.69) is 16.0 Å². The molecule has 6 rings (SSSR count). The van der Waals surface area contributed by atoms with E-state index in [4.69, 9.17) is 5.26 Å². The number of amides is 1. The molecule has 2 aliphatic heterocycles. The first kappa shape index (κ1) is 27.8. The molecule has 3 fully saturated rings. The number of pyridine rings is 2. The zero-order valence-corrected chi connectivity index (χ0v) is 24.1. The van der Waals surface area contributed by atoms with Crippen LogP contribution < -0.4 is 0 Å². The van der Waals surface area contributed by atoms with Gasteiger partial charge in [0.15, 0.2) is 11.3 Å². The number of likely N-dealkylation sites (N-methyl/N-ethyl adjacent to an activating group) is 1. The molecule has 3 atom stereocenters. The number of hydrogen-bond donors (Lipinski definition) is 0. The monoisotopic (exact) mass is 582 g/mol. The predicted octanol–water partition coefficient (Wildman–Crippen LogP) is 2.76. The van der Waals surface area contributed by atoms with Crippen molar-refractivity contribution in [1.29, 1.82) is 5.26 Å². The first-order valence-corrected chi connectivity index (χ1v) is 15.5. The summed E-state index contributed by atoms with van der Waals surface area (Å²) in [6.07, 6.45) is 8.55. The summed E-state index contributed by atoms with van der Waals surface area (Å²) in [5.74, 6) is -0.0626. The van der Waals surface area contributed by atoms with Crippen molar-refractivity contribution in [2.45, 2.75) is 24.9 Å². The molecule has 4 heterocycles. The quantitative estimate of drug-likeness (QED) is 0.293. The maximum Gasteiger partial charge on any atom is 0.263 e. The number of piperidine rings is 1. The number of rotatable bonds is 8. The van der Waals surface area contributed by atoms with Crippen LogP contribution in [-0.2, 0) is 20.4 Å². The van der Waals surface area contributed by atoms with Gasteiger partial charge in [-0.25, -0.2) is 12.7 Å². The number of carbonyl (C=O) groups is 2. The first-order chi connectivity index (χ1) is 20.2. The molecular weight excluding hydrogens is 552 g/mol. The average Bonchev–Trinajstić information content (AvgIpc) is 3.36. The van der Waals surface area contributed by atoms with E-state index < -0.39 is 15.6 Å². The molecule has 0 spiro atoms. The first-order valence-electron chi connectivity index (χ1n) is 13.9. The van der Waals surface area contributed by atoms with Crippen molar-refractivity contribution >= 4 is 21.7 Å². The number of nitriles is 1. The van der Waals surface area contributed by atoms with Crippen LogP contribution in [0.2, 0.25) is 0 Å². The lowest BCUT2D eigenvalue weighted by molar-refractivity contribution is -0.132. The maximum atomic E-state index is 14.9. The van der Waals surface area contributed by atoms with Crippen molar-refractivity contribution in [3.8, 4) is 6.07 Å². The SMILES string of the molecule is CCCS(=O)(=O)N1C[C@@H]2C(N3C(=O)C(c4ccncc4)(c4ccncc4)N(C)C3=CC(=O)c3ccc(C#N)cc3)[C@@H]2C1. The van der Waals surface area contributed by atoms with Crippen molar-refractivity contribution in [2.24, 2.45) is 11.8 Å². The second-order valence-corrected chi connectivity index (χ2v) is 13.0. The summed E-state index contributed by atoms with van der Waals surface area (Å²) < 4.78 is 27.1. The minimum atomic E-state index is -3.35. The fraction of sp³-hybridized carbons (Fsp3) is 0.323. The van der Waals surface area contributed by atoms with Gasteiger partial charge in [0, 0.05) is 74.4 Å². The zero-order valence-electron chi connectivity index (χ0n) is 23.3. The summed E-state index contributed by atoms with van der Waals surface area (Å²) in [6, 6.07) is 15.4. The lowest BCUT2D eigenvalue weighted by Crippen LogP contribution is -2.46. The van der Waals surface area contributed by atoms with Crippen LogP contribution >= 0.6 is 0 Å². The third-order valence-electron chi connectivity index (χ3n) is 8.65. The van der Waals surface area contributed by atoms with Crippen LogP contribution in [0.4, 0.5) is 0 Å². The summed E-state index contributed by atoms with van der Waals surface area (Å²) in [7, 11) is -1.55. The summed E-state index contributed by atoms with van der Waals surface area (Å²) in [6.45, 7) is 2.54. The lowest BCUT2D eigenvalue weighted by atomic mass is 9.82. The Balaban J connectivity index is 1.45. The van der Waals surface area contributed by atoms with Gasteiger partial charge in [0.05, 0.1) is 17.4 Å². The van der Waals surface area contributed by atoms with Crippen LogP contribution in [-0.4, -0.2) is 76.1 Å².